The van der Waals surface area contributed by atoms with Crippen molar-refractivity contribution in [3.63, 3.8) is 0 Å². The smallest absolute Gasteiger partial charge is 0.235 e. The topological polar surface area (TPSA) is 83.6 Å². The highest BCUT2D eigenvalue weighted by atomic mass is 32.2. The summed E-state index contributed by atoms with van der Waals surface area (Å²) in [7, 11) is 1.90. The number of nitriles is 1. The van der Waals surface area contributed by atoms with E-state index >= 15 is 0 Å². The van der Waals surface area contributed by atoms with Gasteiger partial charge in [0.2, 0.25) is 5.91 Å². The van der Waals surface area contributed by atoms with Crippen LogP contribution in [0.2, 0.25) is 0 Å². The van der Waals surface area contributed by atoms with Gasteiger partial charge in [-0.15, -0.1) is 32.9 Å². The van der Waals surface area contributed by atoms with Gasteiger partial charge in [0, 0.05) is 22.9 Å². The average molecular weight is 404 g/mol. The van der Waals surface area contributed by atoms with Crippen LogP contribution >= 0.6 is 34.4 Å². The molecule has 3 rings (SSSR count). The van der Waals surface area contributed by atoms with Crippen LogP contribution in [0, 0.1) is 11.3 Å². The van der Waals surface area contributed by atoms with Crippen LogP contribution in [0.4, 0.5) is 5.00 Å². The minimum atomic E-state index is -0.170. The van der Waals surface area contributed by atoms with Gasteiger partial charge in [-0.25, -0.2) is 0 Å². The Morgan fingerprint density at radius 3 is 2.92 bits per heavy atom. The summed E-state index contributed by atoms with van der Waals surface area (Å²) < 4.78 is 1.90. The van der Waals surface area contributed by atoms with Crippen LogP contribution in [-0.2, 0) is 11.8 Å². The minimum absolute atomic E-state index is 0.170. The fraction of sp³-hybridized carbons (Fsp3) is 0.294. The Morgan fingerprint density at radius 1 is 1.42 bits per heavy atom. The molecule has 3 aromatic heterocycles. The summed E-state index contributed by atoms with van der Waals surface area (Å²) in [5, 5.41) is 25.3. The molecule has 0 aliphatic rings. The van der Waals surface area contributed by atoms with Crippen LogP contribution in [0.1, 0.15) is 30.2 Å². The largest absolute Gasteiger partial charge is 0.316 e. The van der Waals surface area contributed by atoms with Crippen LogP contribution in [0.25, 0.3) is 11.4 Å². The molecule has 0 atom stereocenters. The first-order valence-electron chi connectivity index (χ1n) is 7.88. The number of nitrogens with one attached hydrogen (secondary N) is 1. The van der Waals surface area contributed by atoms with Crippen molar-refractivity contribution < 1.29 is 4.79 Å². The summed E-state index contributed by atoms with van der Waals surface area (Å²) in [6.45, 7) is 4.33. The van der Waals surface area contributed by atoms with Crippen molar-refractivity contribution >= 4 is 45.3 Å². The molecule has 26 heavy (non-hydrogen) atoms. The van der Waals surface area contributed by atoms with Crippen molar-refractivity contribution in [2.45, 2.75) is 24.9 Å². The second-order valence-electron chi connectivity index (χ2n) is 5.87. The number of thiophene rings is 2. The van der Waals surface area contributed by atoms with Crippen LogP contribution in [0.15, 0.2) is 28.0 Å². The van der Waals surface area contributed by atoms with Crippen molar-refractivity contribution in [1.82, 2.24) is 14.8 Å². The van der Waals surface area contributed by atoms with Crippen LogP contribution in [0.5, 0.6) is 0 Å². The standard InChI is InChI=1S/C17H17N5OS3/c1-10(2)13-6-12(8-25-13)15-20-21-17(22(15)3)26-9-14(23)19-16-11(7-18)4-5-24-16/h4-6,8,10H,9H2,1-3H3,(H,19,23). The molecule has 0 aliphatic carbocycles. The number of thioether (sulfide) groups is 1. The fourth-order valence-electron chi connectivity index (χ4n) is 2.25. The van der Waals surface area contributed by atoms with Gasteiger partial charge < -0.3 is 9.88 Å². The maximum Gasteiger partial charge on any atom is 0.235 e. The molecular weight excluding hydrogens is 386 g/mol. The van der Waals surface area contributed by atoms with E-state index in [2.05, 4.69) is 46.9 Å². The molecule has 0 radical (unpaired) electrons. The Kier molecular flexibility index (Phi) is 5.76. The minimum Gasteiger partial charge on any atom is -0.316 e. The average Bonchev–Trinajstić information content (AvgIpc) is 3.32. The highest BCUT2D eigenvalue weighted by molar-refractivity contribution is 7.99. The molecular formula is C17H17N5OS3. The summed E-state index contributed by atoms with van der Waals surface area (Å²) >= 11 is 4.38. The summed E-state index contributed by atoms with van der Waals surface area (Å²) in [6.07, 6.45) is 0. The lowest BCUT2D eigenvalue weighted by atomic mass is 10.1. The first-order chi connectivity index (χ1) is 12.5. The number of anilines is 1. The summed E-state index contributed by atoms with van der Waals surface area (Å²) in [5.74, 6) is 1.31. The Balaban J connectivity index is 1.65. The molecule has 134 valence electrons. The van der Waals surface area contributed by atoms with Gasteiger partial charge in [0.1, 0.15) is 11.1 Å². The Morgan fingerprint density at radius 2 is 2.23 bits per heavy atom. The van der Waals surface area contributed by atoms with Crippen molar-refractivity contribution in [3.05, 3.63) is 33.3 Å². The van der Waals surface area contributed by atoms with Gasteiger partial charge in [-0.1, -0.05) is 25.6 Å². The zero-order chi connectivity index (χ0) is 18.7. The second-order valence-corrected chi connectivity index (χ2v) is 8.67. The van der Waals surface area contributed by atoms with Crippen molar-refractivity contribution in [2.24, 2.45) is 7.05 Å². The third kappa shape index (κ3) is 3.98. The molecule has 0 aromatic carbocycles. The van der Waals surface area contributed by atoms with E-state index in [0.29, 0.717) is 21.6 Å². The van der Waals surface area contributed by atoms with Crippen molar-refractivity contribution in [1.29, 1.82) is 5.26 Å². The fourth-order valence-corrected chi connectivity index (χ4v) is 4.62. The summed E-state index contributed by atoms with van der Waals surface area (Å²) in [5.41, 5.74) is 1.52. The Bertz CT molecular complexity index is 963. The molecule has 9 heteroatoms. The van der Waals surface area contributed by atoms with Crippen LogP contribution in [0.3, 0.4) is 0 Å². The number of nitrogens with zero attached hydrogens (tertiary/aromatic N) is 4. The first kappa shape index (κ1) is 18.6. The highest BCUT2D eigenvalue weighted by Crippen LogP contribution is 2.30. The van der Waals surface area contributed by atoms with Crippen molar-refractivity contribution in [3.8, 4) is 17.5 Å². The van der Waals surface area contributed by atoms with Crippen molar-refractivity contribution in [2.75, 3.05) is 11.1 Å². The molecule has 0 fully saturated rings. The predicted molar refractivity (Wildman–Crippen MR) is 107 cm³/mol. The van der Waals surface area contributed by atoms with E-state index in [0.717, 1.165) is 11.4 Å². The van der Waals surface area contributed by atoms with Gasteiger partial charge in [0.05, 0.1) is 11.3 Å². The van der Waals surface area contributed by atoms with Crippen LogP contribution in [-0.4, -0.2) is 26.4 Å². The lowest BCUT2D eigenvalue weighted by Gasteiger charge is -2.04. The van der Waals surface area contributed by atoms with E-state index in [1.165, 1.54) is 28.0 Å². The molecule has 0 bridgehead atoms. The molecule has 1 amide bonds. The third-order valence-corrected chi connectivity index (χ3v) is 6.74. The number of hydrogen-bond donors (Lipinski definition) is 1. The zero-order valence-corrected chi connectivity index (χ0v) is 17.0. The molecule has 0 saturated carbocycles. The lowest BCUT2D eigenvalue weighted by Crippen LogP contribution is -2.14. The molecule has 0 saturated heterocycles. The zero-order valence-electron chi connectivity index (χ0n) is 14.5. The van der Waals surface area contributed by atoms with Gasteiger partial charge in [0.25, 0.3) is 0 Å². The van der Waals surface area contributed by atoms with Gasteiger partial charge >= 0.3 is 0 Å². The number of carbonyl (C=O) groups excluding carboxylic acids is 1. The predicted octanol–water partition coefficient (Wildman–Crippen LogP) is 4.33. The molecule has 3 heterocycles. The normalized spacial score (nSPS) is 10.9. The molecule has 0 unspecified atom stereocenters. The monoisotopic (exact) mass is 403 g/mol. The van der Waals surface area contributed by atoms with Gasteiger partial charge in [-0.3, -0.25) is 4.79 Å². The van der Waals surface area contributed by atoms with E-state index in [9.17, 15) is 4.79 Å². The number of aromatic nitrogens is 3. The maximum atomic E-state index is 12.1. The SMILES string of the molecule is CC(C)c1cc(-c2nnc(SCC(=O)Nc3sccc3C#N)n2C)cs1. The third-order valence-electron chi connectivity index (χ3n) is 3.65. The maximum absolute atomic E-state index is 12.1. The lowest BCUT2D eigenvalue weighted by molar-refractivity contribution is -0.113. The second kappa shape index (κ2) is 8.03. The molecule has 6 nitrogen and oxygen atoms in total. The Labute approximate surface area is 163 Å². The van der Waals surface area contributed by atoms with Gasteiger partial charge in [0.15, 0.2) is 11.0 Å². The number of amides is 1. The summed E-state index contributed by atoms with van der Waals surface area (Å²) in [4.78, 5) is 13.4. The molecule has 0 aliphatic heterocycles. The first-order valence-corrected chi connectivity index (χ1v) is 10.6. The van der Waals surface area contributed by atoms with E-state index in [-0.39, 0.29) is 11.7 Å². The molecule has 3 aromatic rings. The number of rotatable bonds is 6. The molecule has 0 spiro atoms. The van der Waals surface area contributed by atoms with E-state index in [4.69, 9.17) is 5.26 Å². The summed E-state index contributed by atoms with van der Waals surface area (Å²) in [6, 6.07) is 5.89. The number of hydrogen-bond acceptors (Lipinski definition) is 7. The van der Waals surface area contributed by atoms with E-state index in [1.54, 1.807) is 22.8 Å². The molecule has 1 N–H and O–H groups in total. The van der Waals surface area contributed by atoms with E-state index in [1.807, 2.05) is 11.6 Å². The van der Waals surface area contributed by atoms with Gasteiger partial charge in [-0.2, -0.15) is 5.26 Å². The van der Waals surface area contributed by atoms with E-state index < -0.39 is 0 Å². The Hall–Kier alpha value is -2.15. The number of carbonyl (C=O) groups is 1. The highest BCUT2D eigenvalue weighted by Gasteiger charge is 2.15. The quantitative estimate of drug-likeness (QED) is 0.619. The van der Waals surface area contributed by atoms with Crippen LogP contribution < -0.4 is 5.32 Å². The van der Waals surface area contributed by atoms with Gasteiger partial charge in [-0.05, 0) is 23.4 Å².